The smallest absolute Gasteiger partial charge is 0.220 e. The van der Waals surface area contributed by atoms with Crippen molar-refractivity contribution < 1.29 is 4.79 Å². The number of carbonyl (C=O) groups is 1. The van der Waals surface area contributed by atoms with Crippen molar-refractivity contribution in [2.45, 2.75) is 26.6 Å². The highest BCUT2D eigenvalue weighted by atomic mass is 35.5. The normalized spacial score (nSPS) is 11.6. The molecule has 4 heteroatoms. The van der Waals surface area contributed by atoms with E-state index in [1.807, 2.05) is 19.1 Å². The van der Waals surface area contributed by atoms with Gasteiger partial charge in [0, 0.05) is 5.56 Å². The Morgan fingerprint density at radius 2 is 2.00 bits per heavy atom. The number of hydrogen-bond donors (Lipinski definition) is 0. The van der Waals surface area contributed by atoms with Gasteiger partial charge in [-0.1, -0.05) is 62.1 Å². The summed E-state index contributed by atoms with van der Waals surface area (Å²) in [6.45, 7) is 8.66. The van der Waals surface area contributed by atoms with Crippen LogP contribution in [0.1, 0.15) is 17.3 Å². The van der Waals surface area contributed by atoms with Gasteiger partial charge in [-0.3, -0.25) is 4.79 Å². The summed E-state index contributed by atoms with van der Waals surface area (Å²) < 4.78 is 0. The van der Waals surface area contributed by atoms with Crippen molar-refractivity contribution in [1.82, 2.24) is 0 Å². The highest BCUT2D eigenvalue weighted by molar-refractivity contribution is 8.14. The van der Waals surface area contributed by atoms with Gasteiger partial charge < -0.3 is 0 Å². The molecule has 1 aromatic carbocycles. The van der Waals surface area contributed by atoms with Crippen LogP contribution < -0.4 is 5.19 Å². The Kier molecular flexibility index (Phi) is 4.65. The highest BCUT2D eigenvalue weighted by Crippen LogP contribution is 2.22. The zero-order chi connectivity index (χ0) is 12.3. The molecule has 0 aliphatic heterocycles. The van der Waals surface area contributed by atoms with Crippen molar-refractivity contribution in [3.05, 3.63) is 28.8 Å². The topological polar surface area (TPSA) is 17.1 Å². The van der Waals surface area contributed by atoms with Gasteiger partial charge in [-0.15, -0.1) is 0 Å². The summed E-state index contributed by atoms with van der Waals surface area (Å²) in [5.74, 6) is 0.787. The lowest BCUT2D eigenvalue weighted by molar-refractivity contribution is 0.109. The summed E-state index contributed by atoms with van der Waals surface area (Å²) in [5.41, 5.74) is 0.732. The van der Waals surface area contributed by atoms with Gasteiger partial charge >= 0.3 is 0 Å². The van der Waals surface area contributed by atoms with Crippen LogP contribution in [-0.4, -0.2) is 18.9 Å². The van der Waals surface area contributed by atoms with Crippen molar-refractivity contribution in [3.8, 4) is 0 Å². The molecule has 0 saturated heterocycles. The summed E-state index contributed by atoms with van der Waals surface area (Å²) in [4.78, 5) is 12.0. The van der Waals surface area contributed by atoms with E-state index < -0.39 is 8.07 Å². The third-order valence-electron chi connectivity index (χ3n) is 2.30. The average Bonchev–Trinajstić information content (AvgIpc) is 2.16. The molecule has 0 heterocycles. The van der Waals surface area contributed by atoms with Crippen molar-refractivity contribution in [1.29, 1.82) is 0 Å². The minimum absolute atomic E-state index is 0.102. The molecule has 1 aromatic rings. The first-order valence-electron chi connectivity index (χ1n) is 5.34. The van der Waals surface area contributed by atoms with Crippen molar-refractivity contribution in [3.63, 3.8) is 0 Å². The van der Waals surface area contributed by atoms with E-state index in [-0.39, 0.29) is 5.12 Å². The molecule has 0 bridgehead atoms. The van der Waals surface area contributed by atoms with Gasteiger partial charge in [0.2, 0.25) is 5.12 Å². The number of halogens is 1. The molecule has 0 radical (unpaired) electrons. The van der Waals surface area contributed by atoms with E-state index in [2.05, 4.69) is 19.6 Å². The Bertz CT molecular complexity index is 398. The maximum atomic E-state index is 12.0. The van der Waals surface area contributed by atoms with Crippen LogP contribution in [0.25, 0.3) is 0 Å². The van der Waals surface area contributed by atoms with Crippen LogP contribution in [0.2, 0.25) is 24.7 Å². The maximum Gasteiger partial charge on any atom is 0.220 e. The van der Waals surface area contributed by atoms with E-state index in [9.17, 15) is 4.79 Å². The molecule has 16 heavy (non-hydrogen) atoms. The molecule has 0 aromatic heterocycles. The molecule has 0 N–H and O–H groups in total. The number of rotatable bonds is 3. The molecule has 0 atom stereocenters. The number of benzene rings is 1. The Balaban J connectivity index is 3.30. The second kappa shape index (κ2) is 5.39. The summed E-state index contributed by atoms with van der Waals surface area (Å²) in [7, 11) is -1.52. The predicted octanol–water partition coefficient (Wildman–Crippen LogP) is 3.78. The van der Waals surface area contributed by atoms with Crippen LogP contribution >= 0.6 is 23.4 Å². The fraction of sp³-hybridized carbons (Fsp3) is 0.417. The lowest BCUT2D eigenvalue weighted by atomic mass is 10.2. The first kappa shape index (κ1) is 13.8. The molecule has 88 valence electrons. The average molecular weight is 273 g/mol. The van der Waals surface area contributed by atoms with E-state index in [0.717, 1.165) is 16.5 Å². The van der Waals surface area contributed by atoms with E-state index in [1.54, 1.807) is 6.07 Å². The maximum absolute atomic E-state index is 12.0. The largest absolute Gasteiger partial charge is 0.282 e. The van der Waals surface area contributed by atoms with Gasteiger partial charge in [-0.05, 0) is 17.0 Å². The highest BCUT2D eigenvalue weighted by Gasteiger charge is 2.25. The van der Waals surface area contributed by atoms with Crippen LogP contribution in [0, 0.1) is 0 Å². The Hall–Kier alpha value is -0.253. The molecule has 1 nitrogen and oxygen atoms in total. The summed E-state index contributed by atoms with van der Waals surface area (Å²) in [5, 5.41) is 1.85. The molecule has 0 aliphatic rings. The standard InChI is InChI=1S/C12H17ClOSSi/c1-5-15-12(14)11-9(13)7-6-8-10(11)16(2,3)4/h6-8H,5H2,1-4H3. The van der Waals surface area contributed by atoms with Crippen molar-refractivity contribution >= 4 is 41.7 Å². The van der Waals surface area contributed by atoms with Crippen LogP contribution in [-0.2, 0) is 0 Å². The monoisotopic (exact) mass is 272 g/mol. The quantitative estimate of drug-likeness (QED) is 0.779. The molecule has 0 amide bonds. The van der Waals surface area contributed by atoms with Gasteiger partial charge in [-0.2, -0.15) is 0 Å². The summed E-state index contributed by atoms with van der Waals surface area (Å²) in [6, 6.07) is 5.78. The van der Waals surface area contributed by atoms with E-state index in [4.69, 9.17) is 11.6 Å². The molecule has 0 saturated carbocycles. The van der Waals surface area contributed by atoms with Gasteiger partial charge in [0.15, 0.2) is 0 Å². The second-order valence-electron chi connectivity index (χ2n) is 4.63. The predicted molar refractivity (Wildman–Crippen MR) is 76.9 cm³/mol. The zero-order valence-corrected chi connectivity index (χ0v) is 12.7. The zero-order valence-electron chi connectivity index (χ0n) is 10.1. The van der Waals surface area contributed by atoms with Gasteiger partial charge in [0.25, 0.3) is 0 Å². The molecular formula is C12H17ClOSSi. The van der Waals surface area contributed by atoms with E-state index >= 15 is 0 Å². The van der Waals surface area contributed by atoms with Crippen molar-refractivity contribution in [2.24, 2.45) is 0 Å². The number of thioether (sulfide) groups is 1. The summed E-state index contributed by atoms with van der Waals surface area (Å²) >= 11 is 7.48. The van der Waals surface area contributed by atoms with Crippen LogP contribution in [0.3, 0.4) is 0 Å². The lowest BCUT2D eigenvalue weighted by Crippen LogP contribution is -2.41. The first-order valence-corrected chi connectivity index (χ1v) is 10.2. The number of carbonyl (C=O) groups excluding carboxylic acids is 1. The molecule has 1 rings (SSSR count). The third kappa shape index (κ3) is 3.12. The van der Waals surface area contributed by atoms with E-state index in [0.29, 0.717) is 5.02 Å². The molecular weight excluding hydrogens is 256 g/mol. The van der Waals surface area contributed by atoms with Crippen LogP contribution in [0.4, 0.5) is 0 Å². The third-order valence-corrected chi connectivity index (χ3v) is 5.40. The van der Waals surface area contributed by atoms with Gasteiger partial charge in [0.1, 0.15) is 0 Å². The molecule has 0 fully saturated rings. The Morgan fingerprint density at radius 3 is 2.50 bits per heavy atom. The SMILES string of the molecule is CCSC(=O)c1c(Cl)cccc1[Si](C)(C)C. The second-order valence-corrected chi connectivity index (χ2v) is 11.3. The van der Waals surface area contributed by atoms with E-state index in [1.165, 1.54) is 11.8 Å². The van der Waals surface area contributed by atoms with Crippen LogP contribution in [0.5, 0.6) is 0 Å². The Morgan fingerprint density at radius 1 is 1.38 bits per heavy atom. The van der Waals surface area contributed by atoms with Crippen LogP contribution in [0.15, 0.2) is 18.2 Å². The molecule has 0 unspecified atom stereocenters. The fourth-order valence-corrected chi connectivity index (χ4v) is 4.27. The molecule has 0 spiro atoms. The molecule has 0 aliphatic carbocycles. The minimum Gasteiger partial charge on any atom is -0.282 e. The fourth-order valence-electron chi connectivity index (χ4n) is 1.56. The Labute approximate surface area is 108 Å². The van der Waals surface area contributed by atoms with Gasteiger partial charge in [-0.25, -0.2) is 0 Å². The van der Waals surface area contributed by atoms with Crippen molar-refractivity contribution in [2.75, 3.05) is 5.75 Å². The minimum atomic E-state index is -1.52. The lowest BCUT2D eigenvalue weighted by Gasteiger charge is -2.20. The first-order chi connectivity index (χ1) is 7.38. The van der Waals surface area contributed by atoms with Gasteiger partial charge in [0.05, 0.1) is 13.1 Å². The summed E-state index contributed by atoms with van der Waals surface area (Å²) in [6.07, 6.45) is 0. The number of hydrogen-bond acceptors (Lipinski definition) is 2.